The van der Waals surface area contributed by atoms with Crippen molar-refractivity contribution in [2.75, 3.05) is 11.9 Å². The van der Waals surface area contributed by atoms with Gasteiger partial charge in [0.1, 0.15) is 5.69 Å². The molecular formula is C12H18N2O3. The third-order valence-electron chi connectivity index (χ3n) is 2.44. The van der Waals surface area contributed by atoms with E-state index in [1.54, 1.807) is 18.2 Å². The fourth-order valence-corrected chi connectivity index (χ4v) is 1.72. The second-order valence-corrected chi connectivity index (χ2v) is 4.43. The quantitative estimate of drug-likeness (QED) is 0.589. The van der Waals surface area contributed by atoms with Gasteiger partial charge in [-0.25, -0.2) is 0 Å². The molecule has 0 heterocycles. The maximum atomic E-state index is 10.8. The maximum absolute atomic E-state index is 10.8. The number of aliphatic hydroxyl groups is 1. The first kappa shape index (κ1) is 13.4. The summed E-state index contributed by atoms with van der Waals surface area (Å²) < 4.78 is 0. The summed E-state index contributed by atoms with van der Waals surface area (Å²) in [6.07, 6.45) is 0.766. The lowest BCUT2D eigenvalue weighted by atomic mass is 10.0. The number of nitro benzene ring substituents is 1. The fourth-order valence-electron chi connectivity index (χ4n) is 1.72. The SMILES string of the molecule is CC(C)C[C@@H](CO)Nc1ccccc1[N+](=O)[O-]. The van der Waals surface area contributed by atoms with Crippen molar-refractivity contribution in [2.45, 2.75) is 26.3 Å². The van der Waals surface area contributed by atoms with Gasteiger partial charge in [-0.05, 0) is 18.4 Å². The van der Waals surface area contributed by atoms with E-state index < -0.39 is 4.92 Å². The number of rotatable bonds is 6. The molecule has 1 aromatic carbocycles. The average Bonchev–Trinajstić information content (AvgIpc) is 2.28. The molecule has 0 amide bonds. The van der Waals surface area contributed by atoms with Gasteiger partial charge in [0, 0.05) is 12.1 Å². The van der Waals surface area contributed by atoms with Crippen molar-refractivity contribution >= 4 is 11.4 Å². The first-order chi connectivity index (χ1) is 8.04. The van der Waals surface area contributed by atoms with Crippen molar-refractivity contribution in [2.24, 2.45) is 5.92 Å². The Labute approximate surface area is 101 Å². The summed E-state index contributed by atoms with van der Waals surface area (Å²) >= 11 is 0. The summed E-state index contributed by atoms with van der Waals surface area (Å²) in [6, 6.07) is 6.31. The highest BCUT2D eigenvalue weighted by atomic mass is 16.6. The highest BCUT2D eigenvalue weighted by molar-refractivity contribution is 5.61. The van der Waals surface area contributed by atoms with Gasteiger partial charge in [0.25, 0.3) is 5.69 Å². The molecule has 0 saturated heterocycles. The number of para-hydroxylation sites is 2. The van der Waals surface area contributed by atoms with Crippen LogP contribution in [0, 0.1) is 16.0 Å². The second kappa shape index (κ2) is 6.20. The zero-order chi connectivity index (χ0) is 12.8. The van der Waals surface area contributed by atoms with Gasteiger partial charge in [-0.15, -0.1) is 0 Å². The van der Waals surface area contributed by atoms with Crippen LogP contribution in [0.2, 0.25) is 0 Å². The van der Waals surface area contributed by atoms with E-state index in [0.29, 0.717) is 11.6 Å². The Morgan fingerprint density at radius 1 is 1.41 bits per heavy atom. The van der Waals surface area contributed by atoms with Crippen LogP contribution >= 0.6 is 0 Å². The molecule has 0 aliphatic carbocycles. The van der Waals surface area contributed by atoms with Crippen LogP contribution in [0.25, 0.3) is 0 Å². The van der Waals surface area contributed by atoms with E-state index in [1.807, 2.05) is 13.8 Å². The van der Waals surface area contributed by atoms with Crippen molar-refractivity contribution in [3.05, 3.63) is 34.4 Å². The molecular weight excluding hydrogens is 220 g/mol. The third kappa shape index (κ3) is 4.03. The number of benzene rings is 1. The predicted octanol–water partition coefficient (Wildman–Crippen LogP) is 2.41. The molecule has 0 bridgehead atoms. The van der Waals surface area contributed by atoms with Gasteiger partial charge in [-0.3, -0.25) is 10.1 Å². The van der Waals surface area contributed by atoms with Gasteiger partial charge in [0.2, 0.25) is 0 Å². The van der Waals surface area contributed by atoms with Gasteiger partial charge >= 0.3 is 0 Å². The van der Waals surface area contributed by atoms with Crippen molar-refractivity contribution in [1.82, 2.24) is 0 Å². The first-order valence-corrected chi connectivity index (χ1v) is 5.65. The van der Waals surface area contributed by atoms with Crippen LogP contribution in [-0.4, -0.2) is 22.7 Å². The molecule has 17 heavy (non-hydrogen) atoms. The largest absolute Gasteiger partial charge is 0.394 e. The number of nitro groups is 1. The summed E-state index contributed by atoms with van der Waals surface area (Å²) in [4.78, 5) is 10.4. The van der Waals surface area contributed by atoms with E-state index in [-0.39, 0.29) is 18.3 Å². The van der Waals surface area contributed by atoms with Crippen LogP contribution in [-0.2, 0) is 0 Å². The Balaban J connectivity index is 2.82. The molecule has 5 nitrogen and oxygen atoms in total. The van der Waals surface area contributed by atoms with Crippen molar-refractivity contribution in [3.63, 3.8) is 0 Å². The Morgan fingerprint density at radius 3 is 2.59 bits per heavy atom. The zero-order valence-corrected chi connectivity index (χ0v) is 10.1. The van der Waals surface area contributed by atoms with Gasteiger partial charge in [0.15, 0.2) is 0 Å². The molecule has 0 aliphatic heterocycles. The predicted molar refractivity (Wildman–Crippen MR) is 67.0 cm³/mol. The number of aliphatic hydroxyl groups excluding tert-OH is 1. The maximum Gasteiger partial charge on any atom is 0.292 e. The summed E-state index contributed by atoms with van der Waals surface area (Å²) in [5.41, 5.74) is 0.493. The molecule has 94 valence electrons. The lowest BCUT2D eigenvalue weighted by Crippen LogP contribution is -2.25. The standard InChI is InChI=1S/C12H18N2O3/c1-9(2)7-10(8-15)13-11-5-3-4-6-12(11)14(16)17/h3-6,9-10,13,15H,7-8H2,1-2H3/t10-/m0/s1. The minimum Gasteiger partial charge on any atom is -0.394 e. The first-order valence-electron chi connectivity index (χ1n) is 5.65. The molecule has 1 rings (SSSR count). The Bertz CT molecular complexity index is 380. The van der Waals surface area contributed by atoms with Gasteiger partial charge < -0.3 is 10.4 Å². The molecule has 0 aromatic heterocycles. The molecule has 0 radical (unpaired) electrons. The fraction of sp³-hybridized carbons (Fsp3) is 0.500. The Morgan fingerprint density at radius 2 is 2.06 bits per heavy atom. The molecule has 1 atom stereocenters. The Kier molecular flexibility index (Phi) is 4.90. The zero-order valence-electron chi connectivity index (χ0n) is 10.1. The summed E-state index contributed by atoms with van der Waals surface area (Å²) in [5.74, 6) is 0.419. The number of hydrogen-bond acceptors (Lipinski definition) is 4. The van der Waals surface area contributed by atoms with Crippen molar-refractivity contribution in [1.29, 1.82) is 0 Å². The van der Waals surface area contributed by atoms with Crippen LogP contribution in [0.4, 0.5) is 11.4 Å². The minimum absolute atomic E-state index is 0.0368. The minimum atomic E-state index is -0.424. The summed E-state index contributed by atoms with van der Waals surface area (Å²) in [6.45, 7) is 4.05. The Hall–Kier alpha value is -1.62. The van der Waals surface area contributed by atoms with Crippen molar-refractivity contribution in [3.8, 4) is 0 Å². The smallest absolute Gasteiger partial charge is 0.292 e. The van der Waals surface area contributed by atoms with E-state index in [4.69, 9.17) is 0 Å². The van der Waals surface area contributed by atoms with Crippen LogP contribution in [0.5, 0.6) is 0 Å². The third-order valence-corrected chi connectivity index (χ3v) is 2.44. The van der Waals surface area contributed by atoms with Crippen molar-refractivity contribution < 1.29 is 10.0 Å². The summed E-state index contributed by atoms with van der Waals surface area (Å²) in [5, 5.41) is 23.1. The molecule has 0 spiro atoms. The van der Waals surface area contributed by atoms with Gasteiger partial charge in [0.05, 0.1) is 11.5 Å². The molecule has 0 aliphatic rings. The summed E-state index contributed by atoms with van der Waals surface area (Å²) in [7, 11) is 0. The molecule has 0 saturated carbocycles. The normalized spacial score (nSPS) is 12.5. The van der Waals surface area contributed by atoms with Crippen LogP contribution in [0.1, 0.15) is 20.3 Å². The highest BCUT2D eigenvalue weighted by Gasteiger charge is 2.16. The molecule has 1 aromatic rings. The lowest BCUT2D eigenvalue weighted by Gasteiger charge is -2.19. The monoisotopic (exact) mass is 238 g/mol. The van der Waals surface area contributed by atoms with Crippen LogP contribution in [0.3, 0.4) is 0 Å². The van der Waals surface area contributed by atoms with Crippen LogP contribution < -0.4 is 5.32 Å². The van der Waals surface area contributed by atoms with E-state index in [9.17, 15) is 15.2 Å². The van der Waals surface area contributed by atoms with E-state index >= 15 is 0 Å². The van der Waals surface area contributed by atoms with E-state index in [2.05, 4.69) is 5.32 Å². The number of nitrogens with one attached hydrogen (secondary N) is 1. The second-order valence-electron chi connectivity index (χ2n) is 4.43. The lowest BCUT2D eigenvalue weighted by molar-refractivity contribution is -0.384. The number of nitrogens with zero attached hydrogens (tertiary/aromatic N) is 1. The average molecular weight is 238 g/mol. The molecule has 2 N–H and O–H groups in total. The molecule has 0 fully saturated rings. The van der Waals surface area contributed by atoms with Gasteiger partial charge in [-0.2, -0.15) is 0 Å². The molecule has 5 heteroatoms. The van der Waals surface area contributed by atoms with E-state index in [1.165, 1.54) is 6.07 Å². The number of hydrogen-bond donors (Lipinski definition) is 2. The number of anilines is 1. The van der Waals surface area contributed by atoms with E-state index in [0.717, 1.165) is 6.42 Å². The van der Waals surface area contributed by atoms with Crippen LogP contribution in [0.15, 0.2) is 24.3 Å². The topological polar surface area (TPSA) is 75.4 Å². The highest BCUT2D eigenvalue weighted by Crippen LogP contribution is 2.24. The molecule has 0 unspecified atom stereocenters. The van der Waals surface area contributed by atoms with Gasteiger partial charge in [-0.1, -0.05) is 26.0 Å².